The smallest absolute Gasteiger partial charge is 0.241 e. The number of carbonyl (C=O) groups excluding carboxylic acids is 2. The Morgan fingerprint density at radius 3 is 2.23 bits per heavy atom. The first-order chi connectivity index (χ1) is 12.1. The van der Waals surface area contributed by atoms with Crippen LogP contribution in [0.1, 0.15) is 27.7 Å². The third-order valence-corrected chi connectivity index (χ3v) is 4.33. The third kappa shape index (κ3) is 6.38. The summed E-state index contributed by atoms with van der Waals surface area (Å²) < 4.78 is 12.9. The number of halogens is 1. The number of hydrogen-bond donors (Lipinski definition) is 2. The molecule has 6 nitrogen and oxygen atoms in total. The maximum atomic E-state index is 12.9. The van der Waals surface area contributed by atoms with Crippen molar-refractivity contribution in [1.82, 2.24) is 15.1 Å². The van der Waals surface area contributed by atoms with E-state index in [4.69, 9.17) is 0 Å². The van der Waals surface area contributed by atoms with Crippen molar-refractivity contribution < 1.29 is 14.0 Å². The second-order valence-electron chi connectivity index (χ2n) is 7.78. The van der Waals surface area contributed by atoms with Crippen molar-refractivity contribution in [3.8, 4) is 0 Å². The lowest BCUT2D eigenvalue weighted by Gasteiger charge is -2.37. The van der Waals surface area contributed by atoms with Gasteiger partial charge >= 0.3 is 0 Å². The highest BCUT2D eigenvalue weighted by Crippen LogP contribution is 2.12. The molecule has 1 aromatic carbocycles. The van der Waals surface area contributed by atoms with Crippen molar-refractivity contribution in [2.45, 2.75) is 39.3 Å². The molecule has 0 radical (unpaired) electrons. The second kappa shape index (κ2) is 8.60. The van der Waals surface area contributed by atoms with Gasteiger partial charge in [-0.2, -0.15) is 0 Å². The lowest BCUT2D eigenvalue weighted by molar-refractivity contribution is -0.125. The van der Waals surface area contributed by atoms with Gasteiger partial charge in [-0.25, -0.2) is 4.39 Å². The molecule has 0 aromatic heterocycles. The van der Waals surface area contributed by atoms with Gasteiger partial charge in [0, 0.05) is 37.4 Å². The van der Waals surface area contributed by atoms with E-state index >= 15 is 0 Å². The summed E-state index contributed by atoms with van der Waals surface area (Å²) >= 11 is 0. The van der Waals surface area contributed by atoms with Crippen LogP contribution in [0.2, 0.25) is 0 Å². The molecule has 1 aliphatic heterocycles. The molecular formula is C19H29FN4O2. The Morgan fingerprint density at radius 1 is 1.12 bits per heavy atom. The Hall–Kier alpha value is -1.99. The molecule has 1 aliphatic rings. The van der Waals surface area contributed by atoms with Crippen LogP contribution >= 0.6 is 0 Å². The van der Waals surface area contributed by atoms with Crippen LogP contribution in [-0.2, 0) is 9.59 Å². The third-order valence-electron chi connectivity index (χ3n) is 4.33. The van der Waals surface area contributed by atoms with Crippen LogP contribution in [0.4, 0.5) is 10.1 Å². The van der Waals surface area contributed by atoms with E-state index < -0.39 is 0 Å². The van der Waals surface area contributed by atoms with Gasteiger partial charge in [-0.3, -0.25) is 19.4 Å². The minimum atomic E-state index is -0.331. The van der Waals surface area contributed by atoms with Crippen molar-refractivity contribution in [3.63, 3.8) is 0 Å². The zero-order chi connectivity index (χ0) is 19.3. The number of rotatable bonds is 5. The highest BCUT2D eigenvalue weighted by molar-refractivity contribution is 5.94. The van der Waals surface area contributed by atoms with Crippen LogP contribution < -0.4 is 10.6 Å². The van der Waals surface area contributed by atoms with Crippen LogP contribution in [0.3, 0.4) is 0 Å². The molecule has 26 heavy (non-hydrogen) atoms. The molecule has 1 aromatic rings. The normalized spacial score (nSPS) is 17.6. The molecule has 144 valence electrons. The Labute approximate surface area is 154 Å². The number of amides is 2. The van der Waals surface area contributed by atoms with E-state index in [1.54, 1.807) is 12.1 Å². The van der Waals surface area contributed by atoms with E-state index in [1.165, 1.54) is 12.1 Å². The van der Waals surface area contributed by atoms with Gasteiger partial charge in [0.15, 0.2) is 0 Å². The quantitative estimate of drug-likeness (QED) is 0.835. The van der Waals surface area contributed by atoms with Crippen molar-refractivity contribution in [2.75, 3.05) is 38.0 Å². The summed E-state index contributed by atoms with van der Waals surface area (Å²) in [4.78, 5) is 28.6. The maximum absolute atomic E-state index is 12.9. The molecule has 1 saturated heterocycles. The summed E-state index contributed by atoms with van der Waals surface area (Å²) in [5.74, 6) is -0.425. The van der Waals surface area contributed by atoms with Gasteiger partial charge in [0.2, 0.25) is 11.8 Å². The standard InChI is InChI=1S/C19H29FN4O2/c1-14(18(26)21-16-7-5-15(20)6-8-16)24-11-9-23(10-12-24)13-17(25)22-19(2,3)4/h5-8,14H,9-13H2,1-4H3,(H,21,26)(H,22,25)/t14-/m1/s1. The number of nitrogens with zero attached hydrogens (tertiary/aromatic N) is 2. The molecule has 2 rings (SSSR count). The van der Waals surface area contributed by atoms with Crippen molar-refractivity contribution in [1.29, 1.82) is 0 Å². The Kier molecular flexibility index (Phi) is 6.72. The van der Waals surface area contributed by atoms with E-state index in [1.807, 2.05) is 27.7 Å². The highest BCUT2D eigenvalue weighted by atomic mass is 19.1. The van der Waals surface area contributed by atoms with Crippen LogP contribution in [0.25, 0.3) is 0 Å². The minimum absolute atomic E-state index is 0.0213. The predicted octanol–water partition coefficient (Wildman–Crippen LogP) is 1.68. The number of benzene rings is 1. The van der Waals surface area contributed by atoms with E-state index in [-0.39, 0.29) is 29.2 Å². The summed E-state index contributed by atoms with van der Waals surface area (Å²) in [6.07, 6.45) is 0. The number of piperazine rings is 1. The van der Waals surface area contributed by atoms with Gasteiger partial charge in [0.25, 0.3) is 0 Å². The van der Waals surface area contributed by atoms with Gasteiger partial charge in [0.05, 0.1) is 12.6 Å². The topological polar surface area (TPSA) is 64.7 Å². The highest BCUT2D eigenvalue weighted by Gasteiger charge is 2.27. The van der Waals surface area contributed by atoms with Crippen LogP contribution in [0.15, 0.2) is 24.3 Å². The molecule has 7 heteroatoms. The second-order valence-corrected chi connectivity index (χ2v) is 7.78. The Balaban J connectivity index is 1.78. The molecular weight excluding hydrogens is 335 g/mol. The fourth-order valence-electron chi connectivity index (χ4n) is 2.92. The van der Waals surface area contributed by atoms with E-state index in [0.29, 0.717) is 12.2 Å². The molecule has 2 amide bonds. The van der Waals surface area contributed by atoms with Gasteiger partial charge in [0.1, 0.15) is 5.82 Å². The van der Waals surface area contributed by atoms with Gasteiger partial charge in [-0.05, 0) is 52.0 Å². The molecule has 1 heterocycles. The van der Waals surface area contributed by atoms with E-state index in [9.17, 15) is 14.0 Å². The molecule has 0 saturated carbocycles. The van der Waals surface area contributed by atoms with Crippen LogP contribution in [0, 0.1) is 5.82 Å². The lowest BCUT2D eigenvalue weighted by atomic mass is 10.1. The zero-order valence-corrected chi connectivity index (χ0v) is 16.0. The summed E-state index contributed by atoms with van der Waals surface area (Å²) in [6, 6.07) is 5.45. The summed E-state index contributed by atoms with van der Waals surface area (Å²) in [5, 5.41) is 5.78. The predicted molar refractivity (Wildman–Crippen MR) is 100 cm³/mol. The average molecular weight is 364 g/mol. The zero-order valence-electron chi connectivity index (χ0n) is 16.0. The molecule has 0 spiro atoms. The fraction of sp³-hybridized carbons (Fsp3) is 0.579. The van der Waals surface area contributed by atoms with Crippen molar-refractivity contribution >= 4 is 17.5 Å². The molecule has 0 bridgehead atoms. The largest absolute Gasteiger partial charge is 0.350 e. The SMILES string of the molecule is C[C@H](C(=O)Nc1ccc(F)cc1)N1CCN(CC(=O)NC(C)(C)C)CC1. The first kappa shape index (κ1) is 20.3. The van der Waals surface area contributed by atoms with Crippen molar-refractivity contribution in [3.05, 3.63) is 30.1 Å². The molecule has 1 fully saturated rings. The minimum Gasteiger partial charge on any atom is -0.350 e. The number of anilines is 1. The lowest BCUT2D eigenvalue weighted by Crippen LogP contribution is -2.55. The Bertz CT molecular complexity index is 619. The van der Waals surface area contributed by atoms with E-state index in [0.717, 1.165) is 26.2 Å². The maximum Gasteiger partial charge on any atom is 0.241 e. The van der Waals surface area contributed by atoms with Gasteiger partial charge in [-0.15, -0.1) is 0 Å². The van der Waals surface area contributed by atoms with Crippen molar-refractivity contribution in [2.24, 2.45) is 0 Å². The number of carbonyl (C=O) groups is 2. The summed E-state index contributed by atoms with van der Waals surface area (Å²) in [6.45, 7) is 11.1. The molecule has 0 unspecified atom stereocenters. The molecule has 1 atom stereocenters. The summed E-state index contributed by atoms with van der Waals surface area (Å²) in [5.41, 5.74) is 0.354. The van der Waals surface area contributed by atoms with Crippen LogP contribution in [-0.4, -0.2) is 65.9 Å². The number of hydrogen-bond acceptors (Lipinski definition) is 4. The average Bonchev–Trinajstić information content (AvgIpc) is 2.55. The van der Waals surface area contributed by atoms with E-state index in [2.05, 4.69) is 20.4 Å². The molecule has 2 N–H and O–H groups in total. The van der Waals surface area contributed by atoms with Gasteiger partial charge in [-0.1, -0.05) is 0 Å². The molecule has 0 aliphatic carbocycles. The number of nitrogens with one attached hydrogen (secondary N) is 2. The fourth-order valence-corrected chi connectivity index (χ4v) is 2.92. The Morgan fingerprint density at radius 2 is 1.69 bits per heavy atom. The first-order valence-corrected chi connectivity index (χ1v) is 8.98. The summed E-state index contributed by atoms with van der Waals surface area (Å²) in [7, 11) is 0. The first-order valence-electron chi connectivity index (χ1n) is 8.98. The monoisotopic (exact) mass is 364 g/mol. The van der Waals surface area contributed by atoms with Crippen LogP contribution in [0.5, 0.6) is 0 Å². The van der Waals surface area contributed by atoms with Gasteiger partial charge < -0.3 is 10.6 Å².